The Hall–Kier alpha value is -4.00. The van der Waals surface area contributed by atoms with Gasteiger partial charge in [0.2, 0.25) is 5.91 Å². The first-order valence-electron chi connectivity index (χ1n) is 10.4. The third-order valence-corrected chi connectivity index (χ3v) is 5.46. The SMILES string of the molecule is COc1ccc(N2CCN(C(=O)c3cccc(Oc4ccc(C(N)=O)cc4)c3)CC2)cc1. The number of ether oxygens (including phenoxy) is 2. The summed E-state index contributed by atoms with van der Waals surface area (Å²) in [6.07, 6.45) is 0. The van der Waals surface area contributed by atoms with Crippen LogP contribution in [0.25, 0.3) is 0 Å². The molecule has 3 aromatic rings. The van der Waals surface area contributed by atoms with E-state index in [-0.39, 0.29) is 5.91 Å². The van der Waals surface area contributed by atoms with E-state index in [0.29, 0.717) is 35.7 Å². The van der Waals surface area contributed by atoms with E-state index in [9.17, 15) is 9.59 Å². The Morgan fingerprint density at radius 3 is 2.06 bits per heavy atom. The van der Waals surface area contributed by atoms with Crippen molar-refractivity contribution in [3.05, 3.63) is 83.9 Å². The molecule has 0 spiro atoms. The van der Waals surface area contributed by atoms with Gasteiger partial charge in [-0.15, -0.1) is 0 Å². The van der Waals surface area contributed by atoms with E-state index in [1.165, 1.54) is 0 Å². The molecule has 0 aliphatic carbocycles. The van der Waals surface area contributed by atoms with Crippen LogP contribution in [0.3, 0.4) is 0 Å². The van der Waals surface area contributed by atoms with Crippen LogP contribution in [0, 0.1) is 0 Å². The molecular weight excluding hydrogens is 406 g/mol. The summed E-state index contributed by atoms with van der Waals surface area (Å²) in [6, 6.07) is 21.6. The van der Waals surface area contributed by atoms with E-state index in [4.69, 9.17) is 15.2 Å². The number of piperazine rings is 1. The zero-order chi connectivity index (χ0) is 22.5. The quantitative estimate of drug-likeness (QED) is 0.645. The highest BCUT2D eigenvalue weighted by atomic mass is 16.5. The van der Waals surface area contributed by atoms with Gasteiger partial charge in [0.05, 0.1) is 7.11 Å². The number of rotatable bonds is 6. The molecule has 7 nitrogen and oxygen atoms in total. The fraction of sp³-hybridized carbons (Fsp3) is 0.200. The lowest BCUT2D eigenvalue weighted by Crippen LogP contribution is -2.48. The number of anilines is 1. The number of hydrogen-bond donors (Lipinski definition) is 1. The third kappa shape index (κ3) is 4.83. The van der Waals surface area contributed by atoms with Crippen LogP contribution in [0.1, 0.15) is 20.7 Å². The van der Waals surface area contributed by atoms with Gasteiger partial charge in [-0.1, -0.05) is 6.07 Å². The molecule has 1 aliphatic heterocycles. The van der Waals surface area contributed by atoms with Gasteiger partial charge in [-0.05, 0) is 66.7 Å². The second kappa shape index (κ2) is 9.43. The Bertz CT molecular complexity index is 1090. The molecule has 7 heteroatoms. The first kappa shape index (κ1) is 21.2. The van der Waals surface area contributed by atoms with Crippen molar-refractivity contribution in [3.8, 4) is 17.2 Å². The van der Waals surface area contributed by atoms with Gasteiger partial charge < -0.3 is 25.0 Å². The number of nitrogens with zero attached hydrogens (tertiary/aromatic N) is 2. The molecular formula is C25H25N3O4. The molecule has 32 heavy (non-hydrogen) atoms. The topological polar surface area (TPSA) is 85.1 Å². The number of primary amides is 1. The van der Waals surface area contributed by atoms with Crippen molar-refractivity contribution in [1.82, 2.24) is 4.90 Å². The summed E-state index contributed by atoms with van der Waals surface area (Å²) < 4.78 is 11.1. The second-order valence-corrected chi connectivity index (χ2v) is 7.50. The molecule has 164 valence electrons. The minimum Gasteiger partial charge on any atom is -0.497 e. The fourth-order valence-electron chi connectivity index (χ4n) is 3.66. The van der Waals surface area contributed by atoms with Crippen LogP contribution < -0.4 is 20.1 Å². The Kier molecular flexibility index (Phi) is 6.26. The average Bonchev–Trinajstić information content (AvgIpc) is 2.84. The van der Waals surface area contributed by atoms with Crippen LogP contribution in [0.5, 0.6) is 17.2 Å². The molecule has 2 amide bonds. The van der Waals surface area contributed by atoms with Crippen LogP contribution in [-0.2, 0) is 0 Å². The third-order valence-electron chi connectivity index (χ3n) is 5.46. The van der Waals surface area contributed by atoms with Crippen molar-refractivity contribution in [2.24, 2.45) is 5.73 Å². The maximum Gasteiger partial charge on any atom is 0.254 e. The highest BCUT2D eigenvalue weighted by Gasteiger charge is 2.22. The maximum absolute atomic E-state index is 13.0. The number of methoxy groups -OCH3 is 1. The minimum absolute atomic E-state index is 0.0195. The molecule has 1 fully saturated rings. The van der Waals surface area contributed by atoms with Crippen molar-refractivity contribution >= 4 is 17.5 Å². The fourth-order valence-corrected chi connectivity index (χ4v) is 3.66. The smallest absolute Gasteiger partial charge is 0.254 e. The summed E-state index contributed by atoms with van der Waals surface area (Å²) >= 11 is 0. The molecule has 4 rings (SSSR count). The van der Waals surface area contributed by atoms with Gasteiger partial charge in [-0.2, -0.15) is 0 Å². The molecule has 0 bridgehead atoms. The lowest BCUT2D eigenvalue weighted by Gasteiger charge is -2.36. The van der Waals surface area contributed by atoms with Crippen molar-refractivity contribution in [2.75, 3.05) is 38.2 Å². The van der Waals surface area contributed by atoms with E-state index in [2.05, 4.69) is 4.90 Å². The zero-order valence-electron chi connectivity index (χ0n) is 17.9. The summed E-state index contributed by atoms with van der Waals surface area (Å²) in [5.41, 5.74) is 7.37. The van der Waals surface area contributed by atoms with E-state index < -0.39 is 5.91 Å². The molecule has 0 unspecified atom stereocenters. The second-order valence-electron chi connectivity index (χ2n) is 7.50. The van der Waals surface area contributed by atoms with Crippen LogP contribution in [0.15, 0.2) is 72.8 Å². The Morgan fingerprint density at radius 1 is 0.781 bits per heavy atom. The number of hydrogen-bond acceptors (Lipinski definition) is 5. The van der Waals surface area contributed by atoms with Gasteiger partial charge in [0.25, 0.3) is 5.91 Å². The summed E-state index contributed by atoms with van der Waals surface area (Å²) in [7, 11) is 1.65. The maximum atomic E-state index is 13.0. The normalized spacial score (nSPS) is 13.5. The highest BCUT2D eigenvalue weighted by Crippen LogP contribution is 2.24. The monoisotopic (exact) mass is 431 g/mol. The van der Waals surface area contributed by atoms with Crippen molar-refractivity contribution < 1.29 is 19.1 Å². The van der Waals surface area contributed by atoms with Gasteiger partial charge in [0.15, 0.2) is 0 Å². The van der Waals surface area contributed by atoms with E-state index in [1.54, 1.807) is 55.6 Å². The largest absolute Gasteiger partial charge is 0.497 e. The van der Waals surface area contributed by atoms with Crippen LogP contribution in [0.4, 0.5) is 5.69 Å². The minimum atomic E-state index is -0.490. The molecule has 1 heterocycles. The molecule has 1 saturated heterocycles. The van der Waals surface area contributed by atoms with E-state index in [1.807, 2.05) is 29.2 Å². The van der Waals surface area contributed by atoms with Crippen LogP contribution >= 0.6 is 0 Å². The summed E-state index contributed by atoms with van der Waals surface area (Å²) in [5.74, 6) is 1.44. The summed E-state index contributed by atoms with van der Waals surface area (Å²) in [5, 5.41) is 0. The average molecular weight is 431 g/mol. The predicted octanol–water partition coefficient (Wildman–Crippen LogP) is 3.55. The molecule has 3 aromatic carbocycles. The Morgan fingerprint density at radius 2 is 1.44 bits per heavy atom. The van der Waals surface area contributed by atoms with Gasteiger partial charge in [-0.3, -0.25) is 9.59 Å². The van der Waals surface area contributed by atoms with Gasteiger partial charge in [0.1, 0.15) is 17.2 Å². The molecule has 0 aromatic heterocycles. The molecule has 0 saturated carbocycles. The molecule has 0 radical (unpaired) electrons. The number of carbonyl (C=O) groups is 2. The van der Waals surface area contributed by atoms with E-state index >= 15 is 0 Å². The first-order chi connectivity index (χ1) is 15.5. The molecule has 0 atom stereocenters. The van der Waals surface area contributed by atoms with Crippen molar-refractivity contribution in [1.29, 1.82) is 0 Å². The standard InChI is InChI=1S/C25H25N3O4/c1-31-21-11-7-20(8-12-21)27-13-15-28(16-14-27)25(30)19-3-2-4-23(17-19)32-22-9-5-18(6-10-22)24(26)29/h2-12,17H,13-16H2,1H3,(H2,26,29). The summed E-state index contributed by atoms with van der Waals surface area (Å²) in [4.78, 5) is 28.4. The lowest BCUT2D eigenvalue weighted by molar-refractivity contribution is 0.0746. The van der Waals surface area contributed by atoms with Gasteiger partial charge >= 0.3 is 0 Å². The molecule has 2 N–H and O–H groups in total. The van der Waals surface area contributed by atoms with Crippen LogP contribution in [0.2, 0.25) is 0 Å². The number of nitrogens with two attached hydrogens (primary N) is 1. The first-order valence-corrected chi connectivity index (χ1v) is 10.4. The number of amides is 2. The Balaban J connectivity index is 1.38. The molecule has 1 aliphatic rings. The van der Waals surface area contributed by atoms with Gasteiger partial charge in [-0.25, -0.2) is 0 Å². The zero-order valence-corrected chi connectivity index (χ0v) is 17.9. The van der Waals surface area contributed by atoms with Gasteiger partial charge in [0, 0.05) is 43.0 Å². The van der Waals surface area contributed by atoms with Crippen molar-refractivity contribution in [3.63, 3.8) is 0 Å². The van der Waals surface area contributed by atoms with E-state index in [0.717, 1.165) is 24.5 Å². The highest BCUT2D eigenvalue weighted by molar-refractivity contribution is 5.95. The lowest BCUT2D eigenvalue weighted by atomic mass is 10.1. The predicted molar refractivity (Wildman–Crippen MR) is 123 cm³/mol. The summed E-state index contributed by atoms with van der Waals surface area (Å²) in [6.45, 7) is 2.82. The van der Waals surface area contributed by atoms with Crippen LogP contribution in [-0.4, -0.2) is 50.0 Å². The van der Waals surface area contributed by atoms with Crippen molar-refractivity contribution in [2.45, 2.75) is 0 Å². The number of benzene rings is 3. The Labute approximate surface area is 187 Å². The number of carbonyl (C=O) groups excluding carboxylic acids is 2.